The summed E-state index contributed by atoms with van der Waals surface area (Å²) in [7, 11) is 0. The first kappa shape index (κ1) is 9.51. The normalized spacial score (nSPS) is 19.5. The molecule has 0 saturated heterocycles. The van der Waals surface area contributed by atoms with Crippen LogP contribution in [0.15, 0.2) is 24.3 Å². The van der Waals surface area contributed by atoms with Crippen molar-refractivity contribution in [1.82, 2.24) is 5.32 Å². The Bertz CT molecular complexity index is 416. The van der Waals surface area contributed by atoms with E-state index < -0.39 is 17.9 Å². The van der Waals surface area contributed by atoms with E-state index in [1.54, 1.807) is 24.3 Å². The maximum absolute atomic E-state index is 11.2. The Kier molecular flexibility index (Phi) is 2.29. The molecule has 1 unspecified atom stereocenters. The summed E-state index contributed by atoms with van der Waals surface area (Å²) in [6.07, 6.45) is 0. The van der Waals surface area contributed by atoms with E-state index in [9.17, 15) is 9.59 Å². The number of benzene rings is 1. The van der Waals surface area contributed by atoms with Crippen molar-refractivity contribution in [1.29, 1.82) is 0 Å². The van der Waals surface area contributed by atoms with Gasteiger partial charge in [0.05, 0.1) is 0 Å². The topological polar surface area (TPSA) is 75.6 Å². The molecule has 1 aliphatic heterocycles. The van der Waals surface area contributed by atoms with Gasteiger partial charge in [0.2, 0.25) is 0 Å². The number of carbonyl (C=O) groups is 2. The van der Waals surface area contributed by atoms with Crippen LogP contribution in [-0.2, 0) is 9.59 Å². The second-order valence-corrected chi connectivity index (χ2v) is 3.17. The molecule has 5 heteroatoms. The molecule has 2 rings (SSSR count). The fraction of sp³-hybridized carbons (Fsp3) is 0.200. The lowest BCUT2D eigenvalue weighted by atomic mass is 10.1. The quantitative estimate of drug-likeness (QED) is 0.695. The van der Waals surface area contributed by atoms with Gasteiger partial charge in [0.15, 0.2) is 12.6 Å². The molecule has 0 radical (unpaired) electrons. The molecule has 1 aliphatic rings. The van der Waals surface area contributed by atoms with Crippen LogP contribution in [0, 0.1) is 0 Å². The molecule has 1 aromatic carbocycles. The van der Waals surface area contributed by atoms with Gasteiger partial charge >= 0.3 is 5.97 Å². The number of aliphatic carboxylic acids is 1. The second kappa shape index (κ2) is 3.61. The molecule has 5 nitrogen and oxygen atoms in total. The lowest BCUT2D eigenvalue weighted by molar-refractivity contribution is -0.141. The van der Waals surface area contributed by atoms with Crippen molar-refractivity contribution >= 4 is 11.9 Å². The first-order valence-electron chi connectivity index (χ1n) is 4.42. The lowest BCUT2D eigenvalue weighted by Crippen LogP contribution is -2.34. The number of hydrogen-bond donors (Lipinski definition) is 2. The Balaban J connectivity index is 2.46. The third kappa shape index (κ3) is 1.76. The Morgan fingerprint density at radius 2 is 2.20 bits per heavy atom. The van der Waals surface area contributed by atoms with Crippen LogP contribution in [0.4, 0.5) is 0 Å². The predicted molar refractivity (Wildman–Crippen MR) is 50.5 cm³/mol. The van der Waals surface area contributed by atoms with Crippen molar-refractivity contribution in [2.24, 2.45) is 0 Å². The van der Waals surface area contributed by atoms with Crippen LogP contribution < -0.4 is 10.1 Å². The van der Waals surface area contributed by atoms with Crippen LogP contribution in [0.2, 0.25) is 0 Å². The predicted octanol–water partition coefficient (Wildman–Crippen LogP) is 0.321. The molecule has 0 bridgehead atoms. The third-order valence-electron chi connectivity index (χ3n) is 2.14. The molecule has 0 saturated carbocycles. The molecule has 0 fully saturated rings. The van der Waals surface area contributed by atoms with Crippen molar-refractivity contribution in [3.05, 3.63) is 29.8 Å². The minimum atomic E-state index is -1.10. The molecular formula is C10H9NO4. The zero-order chi connectivity index (χ0) is 10.8. The molecular weight excluding hydrogens is 198 g/mol. The zero-order valence-corrected chi connectivity index (χ0v) is 7.77. The van der Waals surface area contributed by atoms with Gasteiger partial charge in [0.1, 0.15) is 5.75 Å². The molecule has 2 N–H and O–H groups in total. The molecule has 0 spiro atoms. The summed E-state index contributed by atoms with van der Waals surface area (Å²) in [5.74, 6) is -1.09. The summed E-state index contributed by atoms with van der Waals surface area (Å²) in [5, 5.41) is 11.3. The number of carbonyl (C=O) groups excluding carboxylic acids is 1. The summed E-state index contributed by atoms with van der Waals surface area (Å²) >= 11 is 0. The number of carboxylic acid groups (broad SMARTS) is 1. The maximum Gasteiger partial charge on any atom is 0.331 e. The van der Waals surface area contributed by atoms with Crippen molar-refractivity contribution < 1.29 is 19.4 Å². The van der Waals surface area contributed by atoms with Gasteiger partial charge in [-0.25, -0.2) is 4.79 Å². The number of para-hydroxylation sites is 1. The van der Waals surface area contributed by atoms with Crippen LogP contribution in [0.1, 0.15) is 11.6 Å². The Hall–Kier alpha value is -2.04. The Labute approximate surface area is 85.7 Å². The molecule has 78 valence electrons. The van der Waals surface area contributed by atoms with Crippen LogP contribution in [0.5, 0.6) is 5.75 Å². The zero-order valence-electron chi connectivity index (χ0n) is 7.77. The SMILES string of the molecule is O=C1COc2ccccc2C(C(=O)O)N1. The van der Waals surface area contributed by atoms with Crippen molar-refractivity contribution in [2.75, 3.05) is 6.61 Å². The highest BCUT2D eigenvalue weighted by Gasteiger charge is 2.28. The van der Waals surface area contributed by atoms with Crippen molar-refractivity contribution in [3.8, 4) is 5.75 Å². The summed E-state index contributed by atoms with van der Waals surface area (Å²) in [6, 6.07) is 5.67. The van der Waals surface area contributed by atoms with Crippen LogP contribution >= 0.6 is 0 Å². The number of fused-ring (bicyclic) bond motifs is 1. The van der Waals surface area contributed by atoms with Gasteiger partial charge in [-0.3, -0.25) is 4.79 Å². The van der Waals surface area contributed by atoms with Crippen LogP contribution in [0.3, 0.4) is 0 Å². The number of ether oxygens (including phenoxy) is 1. The Morgan fingerprint density at radius 3 is 2.93 bits per heavy atom. The standard InChI is InChI=1S/C10H9NO4/c12-8-5-15-7-4-2-1-3-6(7)9(11-8)10(13)14/h1-4,9H,5H2,(H,11,12)(H,13,14). The fourth-order valence-electron chi connectivity index (χ4n) is 1.47. The van der Waals surface area contributed by atoms with E-state index in [2.05, 4.69) is 5.32 Å². The third-order valence-corrected chi connectivity index (χ3v) is 2.14. The van der Waals surface area contributed by atoms with E-state index in [0.717, 1.165) is 0 Å². The minimum Gasteiger partial charge on any atom is -0.483 e. The molecule has 15 heavy (non-hydrogen) atoms. The van der Waals surface area contributed by atoms with E-state index in [1.807, 2.05) is 0 Å². The average Bonchev–Trinajstić information content (AvgIpc) is 2.39. The van der Waals surface area contributed by atoms with Gasteiger partial charge in [-0.05, 0) is 6.07 Å². The van der Waals surface area contributed by atoms with E-state index in [4.69, 9.17) is 9.84 Å². The van der Waals surface area contributed by atoms with Gasteiger partial charge in [-0.15, -0.1) is 0 Å². The van der Waals surface area contributed by atoms with E-state index in [1.165, 1.54) is 0 Å². The molecule has 0 aliphatic carbocycles. The summed E-state index contributed by atoms with van der Waals surface area (Å²) < 4.78 is 5.17. The number of hydrogen-bond acceptors (Lipinski definition) is 3. The molecule has 1 atom stereocenters. The number of amides is 1. The smallest absolute Gasteiger partial charge is 0.331 e. The summed E-state index contributed by atoms with van der Waals surface area (Å²) in [5.41, 5.74) is 0.468. The summed E-state index contributed by atoms with van der Waals surface area (Å²) in [4.78, 5) is 22.1. The van der Waals surface area contributed by atoms with E-state index in [-0.39, 0.29) is 6.61 Å². The molecule has 1 amide bonds. The number of rotatable bonds is 1. The van der Waals surface area contributed by atoms with E-state index in [0.29, 0.717) is 11.3 Å². The van der Waals surface area contributed by atoms with Gasteiger partial charge in [0, 0.05) is 5.56 Å². The van der Waals surface area contributed by atoms with Gasteiger partial charge in [0.25, 0.3) is 5.91 Å². The monoisotopic (exact) mass is 207 g/mol. The molecule has 0 aromatic heterocycles. The van der Waals surface area contributed by atoms with Crippen LogP contribution in [0.25, 0.3) is 0 Å². The van der Waals surface area contributed by atoms with Gasteiger partial charge in [-0.1, -0.05) is 18.2 Å². The highest BCUT2D eigenvalue weighted by Crippen LogP contribution is 2.26. The average molecular weight is 207 g/mol. The summed E-state index contributed by atoms with van der Waals surface area (Å²) in [6.45, 7) is -0.152. The second-order valence-electron chi connectivity index (χ2n) is 3.17. The minimum absolute atomic E-state index is 0.152. The molecule has 1 heterocycles. The molecule has 1 aromatic rings. The first-order valence-corrected chi connectivity index (χ1v) is 4.42. The first-order chi connectivity index (χ1) is 7.18. The highest BCUT2D eigenvalue weighted by molar-refractivity contribution is 5.86. The Morgan fingerprint density at radius 1 is 1.47 bits per heavy atom. The highest BCUT2D eigenvalue weighted by atomic mass is 16.5. The van der Waals surface area contributed by atoms with Crippen molar-refractivity contribution in [3.63, 3.8) is 0 Å². The van der Waals surface area contributed by atoms with Gasteiger partial charge < -0.3 is 15.2 Å². The maximum atomic E-state index is 11.2. The fourth-order valence-corrected chi connectivity index (χ4v) is 1.47. The van der Waals surface area contributed by atoms with Crippen molar-refractivity contribution in [2.45, 2.75) is 6.04 Å². The largest absolute Gasteiger partial charge is 0.483 e. The number of carboxylic acids is 1. The van der Waals surface area contributed by atoms with E-state index >= 15 is 0 Å². The van der Waals surface area contributed by atoms with Crippen LogP contribution in [-0.4, -0.2) is 23.6 Å². The number of nitrogens with one attached hydrogen (secondary N) is 1. The lowest BCUT2D eigenvalue weighted by Gasteiger charge is -2.11. The van der Waals surface area contributed by atoms with Gasteiger partial charge in [-0.2, -0.15) is 0 Å².